The van der Waals surface area contributed by atoms with Crippen molar-refractivity contribution in [1.82, 2.24) is 4.98 Å². The second-order valence-corrected chi connectivity index (χ2v) is 6.62. The van der Waals surface area contributed by atoms with E-state index in [0.717, 1.165) is 27.3 Å². The molecule has 2 aromatic heterocycles. The fourth-order valence-corrected chi connectivity index (χ4v) is 3.50. The lowest BCUT2D eigenvalue weighted by molar-refractivity contribution is 0.628. The van der Waals surface area contributed by atoms with E-state index in [9.17, 15) is 4.39 Å². The highest BCUT2D eigenvalue weighted by molar-refractivity contribution is 7.13. The van der Waals surface area contributed by atoms with Crippen molar-refractivity contribution in [3.63, 3.8) is 0 Å². The van der Waals surface area contributed by atoms with Crippen molar-refractivity contribution in [2.45, 2.75) is 0 Å². The average molecular weight is 346 g/mol. The summed E-state index contributed by atoms with van der Waals surface area (Å²) in [6.45, 7) is 0. The molecule has 4 aromatic rings. The summed E-state index contributed by atoms with van der Waals surface area (Å²) in [5, 5.41) is 2.01. The first-order valence-electron chi connectivity index (χ1n) is 7.88. The summed E-state index contributed by atoms with van der Waals surface area (Å²) < 4.78 is 13.7. The molecule has 0 amide bonds. The maximum Gasteiger partial charge on any atom is 0.123 e. The average Bonchev–Trinajstić information content (AvgIpc) is 3.17. The first-order chi connectivity index (χ1) is 12.2. The van der Waals surface area contributed by atoms with E-state index in [0.29, 0.717) is 11.4 Å². The van der Waals surface area contributed by atoms with Gasteiger partial charge in [0.05, 0.1) is 22.0 Å². The third-order valence-electron chi connectivity index (χ3n) is 4.02. The quantitative estimate of drug-likeness (QED) is 0.504. The summed E-state index contributed by atoms with van der Waals surface area (Å²) >= 11 is 1.62. The summed E-state index contributed by atoms with van der Waals surface area (Å²) in [5.74, 6) is -0.285. The van der Waals surface area contributed by atoms with Crippen LogP contribution in [0, 0.1) is 5.82 Å². The molecule has 0 saturated carbocycles. The molecule has 0 bridgehead atoms. The van der Waals surface area contributed by atoms with Crippen LogP contribution in [-0.2, 0) is 0 Å². The number of nitrogens with two attached hydrogens (primary N) is 1. The smallest absolute Gasteiger partial charge is 0.123 e. The van der Waals surface area contributed by atoms with Crippen molar-refractivity contribution < 1.29 is 4.39 Å². The van der Waals surface area contributed by atoms with Gasteiger partial charge in [0.1, 0.15) is 5.82 Å². The van der Waals surface area contributed by atoms with E-state index >= 15 is 0 Å². The molecule has 2 nitrogen and oxygen atoms in total. The SMILES string of the molecule is Nc1c(-c2cccc(F)c2)cc(-c2cccs2)nc1-c1ccccc1. The molecule has 0 fully saturated rings. The monoisotopic (exact) mass is 346 g/mol. The van der Waals surface area contributed by atoms with E-state index in [1.165, 1.54) is 12.1 Å². The van der Waals surface area contributed by atoms with Gasteiger partial charge in [-0.25, -0.2) is 9.37 Å². The number of thiophene rings is 1. The van der Waals surface area contributed by atoms with Crippen molar-refractivity contribution in [2.75, 3.05) is 5.73 Å². The van der Waals surface area contributed by atoms with E-state index in [1.807, 2.05) is 60.0 Å². The normalized spacial score (nSPS) is 10.8. The molecule has 0 aliphatic heterocycles. The van der Waals surface area contributed by atoms with Crippen LogP contribution in [0.1, 0.15) is 0 Å². The topological polar surface area (TPSA) is 38.9 Å². The summed E-state index contributed by atoms with van der Waals surface area (Å²) in [4.78, 5) is 5.84. The molecule has 0 radical (unpaired) electrons. The van der Waals surface area contributed by atoms with Gasteiger partial charge >= 0.3 is 0 Å². The molecule has 2 aromatic carbocycles. The summed E-state index contributed by atoms with van der Waals surface area (Å²) in [6.07, 6.45) is 0. The Balaban J connectivity index is 1.99. The van der Waals surface area contributed by atoms with Gasteiger partial charge < -0.3 is 5.73 Å². The lowest BCUT2D eigenvalue weighted by atomic mass is 9.99. The second-order valence-electron chi connectivity index (χ2n) is 5.67. The predicted molar refractivity (Wildman–Crippen MR) is 103 cm³/mol. The minimum absolute atomic E-state index is 0.285. The molecule has 122 valence electrons. The zero-order valence-corrected chi connectivity index (χ0v) is 14.1. The van der Waals surface area contributed by atoms with Gasteiger partial charge in [-0.3, -0.25) is 0 Å². The summed E-state index contributed by atoms with van der Waals surface area (Å²) in [5.41, 5.74) is 11.0. The van der Waals surface area contributed by atoms with Crippen LogP contribution in [-0.4, -0.2) is 4.98 Å². The summed E-state index contributed by atoms with van der Waals surface area (Å²) in [7, 11) is 0. The minimum Gasteiger partial charge on any atom is -0.396 e. The standard InChI is InChI=1S/C21H15FN2S/c22-16-9-4-8-15(12-16)17-13-18(19-10-5-11-25-19)24-21(20(17)23)14-6-2-1-3-7-14/h1-13H,23H2. The van der Waals surface area contributed by atoms with Crippen molar-refractivity contribution in [3.05, 3.63) is 84.0 Å². The Morgan fingerprint density at radius 2 is 1.64 bits per heavy atom. The van der Waals surface area contributed by atoms with Crippen LogP contribution in [0.4, 0.5) is 10.1 Å². The van der Waals surface area contributed by atoms with E-state index in [1.54, 1.807) is 17.4 Å². The van der Waals surface area contributed by atoms with Crippen LogP contribution < -0.4 is 5.73 Å². The molecule has 0 unspecified atom stereocenters. The van der Waals surface area contributed by atoms with Crippen LogP contribution in [0.3, 0.4) is 0 Å². The number of hydrogen-bond acceptors (Lipinski definition) is 3. The van der Waals surface area contributed by atoms with Crippen molar-refractivity contribution in [3.8, 4) is 33.0 Å². The van der Waals surface area contributed by atoms with Gasteiger partial charge in [-0.05, 0) is 35.2 Å². The third-order valence-corrected chi connectivity index (χ3v) is 4.91. The maximum absolute atomic E-state index is 13.7. The van der Waals surface area contributed by atoms with Crippen LogP contribution >= 0.6 is 11.3 Å². The molecular weight excluding hydrogens is 331 g/mol. The van der Waals surface area contributed by atoms with Gasteiger partial charge in [-0.2, -0.15) is 0 Å². The lowest BCUT2D eigenvalue weighted by Crippen LogP contribution is -1.99. The zero-order valence-electron chi connectivity index (χ0n) is 13.3. The van der Waals surface area contributed by atoms with Crippen LogP contribution in [0.5, 0.6) is 0 Å². The molecule has 0 aliphatic rings. The van der Waals surface area contributed by atoms with E-state index in [2.05, 4.69) is 0 Å². The molecular formula is C21H15FN2S. The first kappa shape index (κ1) is 15.5. The Kier molecular flexibility index (Phi) is 4.04. The molecule has 0 saturated heterocycles. The maximum atomic E-state index is 13.7. The van der Waals surface area contributed by atoms with Gasteiger partial charge in [0, 0.05) is 11.1 Å². The van der Waals surface area contributed by atoms with Gasteiger partial charge in [0.2, 0.25) is 0 Å². The lowest BCUT2D eigenvalue weighted by Gasteiger charge is -2.13. The predicted octanol–water partition coefficient (Wildman–Crippen LogP) is 5.87. The Labute approximate surface area is 149 Å². The third kappa shape index (κ3) is 3.04. The van der Waals surface area contributed by atoms with Crippen molar-refractivity contribution in [1.29, 1.82) is 0 Å². The Morgan fingerprint density at radius 1 is 0.840 bits per heavy atom. The number of nitrogens with zero attached hydrogens (tertiary/aromatic N) is 1. The van der Waals surface area contributed by atoms with Crippen molar-refractivity contribution >= 4 is 17.0 Å². The zero-order chi connectivity index (χ0) is 17.2. The molecule has 0 spiro atoms. The Bertz CT molecular complexity index is 1010. The van der Waals surface area contributed by atoms with Crippen LogP contribution in [0.25, 0.3) is 33.0 Å². The Hall–Kier alpha value is -2.98. The van der Waals surface area contributed by atoms with Gasteiger partial charge in [0.25, 0.3) is 0 Å². The van der Waals surface area contributed by atoms with Gasteiger partial charge in [0.15, 0.2) is 0 Å². The number of hydrogen-bond donors (Lipinski definition) is 1. The fraction of sp³-hybridized carbons (Fsp3) is 0. The molecule has 2 heterocycles. The molecule has 4 heteroatoms. The van der Waals surface area contributed by atoms with Crippen LogP contribution in [0.2, 0.25) is 0 Å². The largest absolute Gasteiger partial charge is 0.396 e. The molecule has 0 aliphatic carbocycles. The Morgan fingerprint density at radius 3 is 2.36 bits per heavy atom. The molecule has 0 atom stereocenters. The number of benzene rings is 2. The number of anilines is 1. The number of halogens is 1. The number of pyridine rings is 1. The highest BCUT2D eigenvalue weighted by Gasteiger charge is 2.15. The van der Waals surface area contributed by atoms with E-state index in [4.69, 9.17) is 10.7 Å². The van der Waals surface area contributed by atoms with E-state index in [-0.39, 0.29) is 5.82 Å². The number of aromatic nitrogens is 1. The van der Waals surface area contributed by atoms with Gasteiger partial charge in [-0.1, -0.05) is 48.5 Å². The summed E-state index contributed by atoms with van der Waals surface area (Å²) in [6, 6.07) is 22.2. The minimum atomic E-state index is -0.285. The number of rotatable bonds is 3. The highest BCUT2D eigenvalue weighted by Crippen LogP contribution is 2.37. The molecule has 2 N–H and O–H groups in total. The number of nitrogen functional groups attached to an aromatic ring is 1. The molecule has 4 rings (SSSR count). The highest BCUT2D eigenvalue weighted by atomic mass is 32.1. The van der Waals surface area contributed by atoms with Gasteiger partial charge in [-0.15, -0.1) is 11.3 Å². The second kappa shape index (κ2) is 6.49. The van der Waals surface area contributed by atoms with Crippen molar-refractivity contribution in [2.24, 2.45) is 0 Å². The van der Waals surface area contributed by atoms with Crippen LogP contribution in [0.15, 0.2) is 78.2 Å². The van der Waals surface area contributed by atoms with E-state index < -0.39 is 0 Å². The molecule has 25 heavy (non-hydrogen) atoms. The fourth-order valence-electron chi connectivity index (χ4n) is 2.82. The first-order valence-corrected chi connectivity index (χ1v) is 8.76.